The minimum absolute atomic E-state index is 0.0489. The van der Waals surface area contributed by atoms with E-state index in [0.29, 0.717) is 35.7 Å². The molecular formula is C38H39N5O5. The number of ether oxygens (including phenoxy) is 1. The Morgan fingerprint density at radius 1 is 0.792 bits per heavy atom. The number of aryl methyl sites for hydroxylation is 1. The molecule has 0 bridgehead atoms. The number of fused-ring (bicyclic) bond motifs is 1. The monoisotopic (exact) mass is 645 g/mol. The molecule has 4 aromatic rings. The number of amides is 4. The fraction of sp³-hybridized carbons (Fsp3) is 0.263. The van der Waals surface area contributed by atoms with Crippen molar-refractivity contribution in [2.75, 3.05) is 68.5 Å². The lowest BCUT2D eigenvalue weighted by molar-refractivity contribution is -0.132. The van der Waals surface area contributed by atoms with E-state index in [1.807, 2.05) is 56.4 Å². The molecule has 10 nitrogen and oxygen atoms in total. The molecule has 2 aliphatic rings. The number of hydrogen-bond acceptors (Lipinski definition) is 6. The van der Waals surface area contributed by atoms with Crippen LogP contribution in [0.25, 0.3) is 11.1 Å². The number of para-hydroxylation sites is 2. The third-order valence-electron chi connectivity index (χ3n) is 8.93. The maximum atomic E-state index is 14.1. The van der Waals surface area contributed by atoms with Gasteiger partial charge >= 0.3 is 0 Å². The highest BCUT2D eigenvalue weighted by molar-refractivity contribution is 6.14. The lowest BCUT2D eigenvalue weighted by Gasteiger charge is -2.34. The van der Waals surface area contributed by atoms with Crippen molar-refractivity contribution in [1.82, 2.24) is 9.80 Å². The number of rotatable bonds is 7. The van der Waals surface area contributed by atoms with Gasteiger partial charge in [0.15, 0.2) is 0 Å². The number of anilines is 3. The number of carbonyl (C=O) groups excluding carboxylic acids is 4. The highest BCUT2D eigenvalue weighted by atomic mass is 16.5. The molecule has 4 aromatic carbocycles. The van der Waals surface area contributed by atoms with Gasteiger partial charge in [-0.1, -0.05) is 60.2 Å². The van der Waals surface area contributed by atoms with Crippen molar-refractivity contribution in [3.8, 4) is 16.9 Å². The average molecular weight is 646 g/mol. The summed E-state index contributed by atoms with van der Waals surface area (Å²) in [5.74, 6) is -0.719. The molecule has 0 saturated carbocycles. The van der Waals surface area contributed by atoms with Crippen molar-refractivity contribution in [1.29, 1.82) is 0 Å². The van der Waals surface area contributed by atoms with Gasteiger partial charge in [0.05, 0.1) is 24.0 Å². The Hall–Kier alpha value is -5.48. The topological polar surface area (TPSA) is 102 Å². The predicted molar refractivity (Wildman–Crippen MR) is 187 cm³/mol. The number of carbonyl (C=O) groups is 4. The van der Waals surface area contributed by atoms with Gasteiger partial charge in [-0.3, -0.25) is 19.2 Å². The smallest absolute Gasteiger partial charge is 0.262 e. The molecule has 0 aliphatic carbocycles. The summed E-state index contributed by atoms with van der Waals surface area (Å²) >= 11 is 0. The van der Waals surface area contributed by atoms with Crippen molar-refractivity contribution >= 4 is 40.7 Å². The van der Waals surface area contributed by atoms with E-state index in [2.05, 4.69) is 10.2 Å². The lowest BCUT2D eigenvalue weighted by Crippen LogP contribution is -2.50. The second kappa shape index (κ2) is 14.1. The van der Waals surface area contributed by atoms with E-state index >= 15 is 0 Å². The fourth-order valence-corrected chi connectivity index (χ4v) is 6.15. The van der Waals surface area contributed by atoms with Gasteiger partial charge in [0.25, 0.3) is 11.8 Å². The number of methoxy groups -OCH3 is 1. The van der Waals surface area contributed by atoms with Crippen molar-refractivity contribution < 1.29 is 23.9 Å². The second-order valence-electron chi connectivity index (χ2n) is 12.1. The van der Waals surface area contributed by atoms with Crippen LogP contribution < -0.4 is 19.9 Å². The normalized spacial score (nSPS) is 15.1. The minimum atomic E-state index is -0.359. The number of hydrogen-bond donors (Lipinski definition) is 1. The van der Waals surface area contributed by atoms with Crippen LogP contribution in [0, 0.1) is 6.92 Å². The SMILES string of the molecule is COc1cc(NC(=O)c2ccccc2-c2ccc(C)cc2)ccc1C(=O)N1CCC(=O)N(CC(=O)N2CCN(C)CC2)c2ccccc21. The zero-order valence-corrected chi connectivity index (χ0v) is 27.4. The van der Waals surface area contributed by atoms with Gasteiger partial charge in [0, 0.05) is 56.5 Å². The predicted octanol–water partition coefficient (Wildman–Crippen LogP) is 5.08. The van der Waals surface area contributed by atoms with E-state index in [9.17, 15) is 19.2 Å². The molecule has 1 fully saturated rings. The number of likely N-dealkylation sites (N-methyl/N-ethyl adjacent to an activating group) is 1. The molecule has 48 heavy (non-hydrogen) atoms. The van der Waals surface area contributed by atoms with Crippen molar-refractivity contribution in [3.05, 3.63) is 108 Å². The second-order valence-corrected chi connectivity index (χ2v) is 12.1. The summed E-state index contributed by atoms with van der Waals surface area (Å²) in [6.07, 6.45) is 0.0489. The number of nitrogens with zero attached hydrogens (tertiary/aromatic N) is 4. The lowest BCUT2D eigenvalue weighted by atomic mass is 9.98. The molecule has 0 unspecified atom stereocenters. The van der Waals surface area contributed by atoms with Crippen LogP contribution in [-0.4, -0.2) is 86.9 Å². The number of benzene rings is 4. The molecule has 4 amide bonds. The van der Waals surface area contributed by atoms with Crippen LogP contribution >= 0.6 is 0 Å². The Kier molecular flexibility index (Phi) is 9.54. The summed E-state index contributed by atoms with van der Waals surface area (Å²) in [7, 11) is 3.49. The molecule has 0 radical (unpaired) electrons. The quantitative estimate of drug-likeness (QED) is 0.301. The molecule has 0 spiro atoms. The van der Waals surface area contributed by atoms with E-state index in [-0.39, 0.29) is 54.5 Å². The molecule has 1 saturated heterocycles. The van der Waals surface area contributed by atoms with Crippen molar-refractivity contribution in [2.24, 2.45) is 0 Å². The minimum Gasteiger partial charge on any atom is -0.496 e. The number of piperazine rings is 1. The third-order valence-corrected chi connectivity index (χ3v) is 8.93. The summed E-state index contributed by atoms with van der Waals surface area (Å²) in [5.41, 5.74) is 5.17. The molecule has 6 rings (SSSR count). The molecule has 246 valence electrons. The Balaban J connectivity index is 1.23. The molecule has 10 heteroatoms. The first-order valence-electron chi connectivity index (χ1n) is 16.1. The van der Waals surface area contributed by atoms with Gasteiger partial charge in [-0.25, -0.2) is 0 Å². The summed E-state index contributed by atoms with van der Waals surface area (Å²) in [4.78, 5) is 61.3. The van der Waals surface area contributed by atoms with Gasteiger partial charge in [-0.05, 0) is 55.4 Å². The molecule has 2 aliphatic heterocycles. The summed E-state index contributed by atoms with van der Waals surface area (Å²) in [5, 5.41) is 2.95. The molecule has 0 atom stereocenters. The first-order chi connectivity index (χ1) is 23.2. The van der Waals surface area contributed by atoms with Gasteiger partial charge in [-0.2, -0.15) is 0 Å². The van der Waals surface area contributed by atoms with Crippen LogP contribution in [0.3, 0.4) is 0 Å². The van der Waals surface area contributed by atoms with Gasteiger partial charge in [-0.15, -0.1) is 0 Å². The van der Waals surface area contributed by atoms with Crippen molar-refractivity contribution in [3.63, 3.8) is 0 Å². The maximum absolute atomic E-state index is 14.1. The van der Waals surface area contributed by atoms with Crippen molar-refractivity contribution in [2.45, 2.75) is 13.3 Å². The van der Waals surface area contributed by atoms with E-state index in [1.54, 1.807) is 58.3 Å². The Morgan fingerprint density at radius 2 is 1.48 bits per heavy atom. The van der Waals surface area contributed by atoms with Gasteiger partial charge < -0.3 is 29.7 Å². The van der Waals surface area contributed by atoms with Crippen LogP contribution in [0.15, 0.2) is 91.0 Å². The van der Waals surface area contributed by atoms with Crippen LogP contribution in [0.2, 0.25) is 0 Å². The molecule has 2 heterocycles. The Bertz CT molecular complexity index is 1850. The summed E-state index contributed by atoms with van der Waals surface area (Å²) < 4.78 is 5.65. The van der Waals surface area contributed by atoms with Gasteiger partial charge in [0.1, 0.15) is 12.3 Å². The number of nitrogens with one attached hydrogen (secondary N) is 1. The highest BCUT2D eigenvalue weighted by Crippen LogP contribution is 2.35. The average Bonchev–Trinajstić information content (AvgIpc) is 3.24. The fourth-order valence-electron chi connectivity index (χ4n) is 6.15. The standard InChI is InChI=1S/C38H39N5O5/c1-26-12-14-27(15-13-26)29-8-4-5-9-30(29)37(46)39-28-16-17-31(34(24-28)48-3)38(47)42-19-18-35(44)43(33-11-7-6-10-32(33)42)25-36(45)41-22-20-40(2)21-23-41/h4-17,24H,18-23,25H2,1-3H3,(H,39,46). The molecule has 0 aromatic heterocycles. The third kappa shape index (κ3) is 6.79. The van der Waals surface area contributed by atoms with E-state index in [1.165, 1.54) is 12.0 Å². The first kappa shape index (κ1) is 32.5. The maximum Gasteiger partial charge on any atom is 0.262 e. The highest BCUT2D eigenvalue weighted by Gasteiger charge is 2.33. The molecular weight excluding hydrogens is 606 g/mol. The first-order valence-corrected chi connectivity index (χ1v) is 16.1. The largest absolute Gasteiger partial charge is 0.496 e. The van der Waals surface area contributed by atoms with E-state index < -0.39 is 0 Å². The van der Waals surface area contributed by atoms with Crippen LogP contribution in [0.5, 0.6) is 5.75 Å². The zero-order valence-electron chi connectivity index (χ0n) is 27.4. The summed E-state index contributed by atoms with van der Waals surface area (Å²) in [6, 6.07) is 27.5. The Labute approximate surface area is 280 Å². The summed E-state index contributed by atoms with van der Waals surface area (Å²) in [6.45, 7) is 4.84. The van der Waals surface area contributed by atoms with Gasteiger partial charge in [0.2, 0.25) is 11.8 Å². The van der Waals surface area contributed by atoms with Crippen LogP contribution in [-0.2, 0) is 9.59 Å². The molecule has 1 N–H and O–H groups in total. The van der Waals surface area contributed by atoms with E-state index in [4.69, 9.17) is 4.74 Å². The Morgan fingerprint density at radius 3 is 2.21 bits per heavy atom. The van der Waals surface area contributed by atoms with Crippen LogP contribution in [0.4, 0.5) is 17.1 Å². The zero-order chi connectivity index (χ0) is 33.8. The van der Waals surface area contributed by atoms with E-state index in [0.717, 1.165) is 29.8 Å². The van der Waals surface area contributed by atoms with Crippen LogP contribution in [0.1, 0.15) is 32.7 Å².